The Bertz CT molecular complexity index is 598. The summed E-state index contributed by atoms with van der Waals surface area (Å²) in [7, 11) is 0. The van der Waals surface area contributed by atoms with Crippen LogP contribution in [0.15, 0.2) is 36.5 Å². The molecule has 2 N–H and O–H groups in total. The molecule has 0 saturated heterocycles. The van der Waals surface area contributed by atoms with E-state index in [-0.39, 0.29) is 5.91 Å². The summed E-state index contributed by atoms with van der Waals surface area (Å²) < 4.78 is 0. The van der Waals surface area contributed by atoms with Crippen molar-refractivity contribution in [1.29, 1.82) is 0 Å². The van der Waals surface area contributed by atoms with Crippen LogP contribution in [0.1, 0.15) is 28.8 Å². The monoisotopic (exact) mass is 270 g/mol. The van der Waals surface area contributed by atoms with Crippen molar-refractivity contribution in [3.63, 3.8) is 0 Å². The van der Waals surface area contributed by atoms with Crippen molar-refractivity contribution in [2.24, 2.45) is 0 Å². The van der Waals surface area contributed by atoms with Gasteiger partial charge in [0.1, 0.15) is 5.82 Å². The second-order valence-electron chi connectivity index (χ2n) is 4.39. The molecule has 2 rings (SSSR count). The van der Waals surface area contributed by atoms with Crippen LogP contribution in [0.3, 0.4) is 0 Å². The van der Waals surface area contributed by atoms with Crippen LogP contribution in [0.5, 0.6) is 0 Å². The van der Waals surface area contributed by atoms with Crippen LogP contribution >= 0.6 is 0 Å². The van der Waals surface area contributed by atoms with Gasteiger partial charge in [0.25, 0.3) is 5.91 Å². The lowest BCUT2D eigenvalue weighted by Crippen LogP contribution is -2.22. The summed E-state index contributed by atoms with van der Waals surface area (Å²) in [6.07, 6.45) is 1.74. The highest BCUT2D eigenvalue weighted by Gasteiger charge is 2.04. The third-order valence-electron chi connectivity index (χ3n) is 2.77. The molecule has 5 nitrogen and oxygen atoms in total. The van der Waals surface area contributed by atoms with Gasteiger partial charge < -0.3 is 10.6 Å². The molecule has 1 amide bonds. The van der Waals surface area contributed by atoms with E-state index in [0.717, 1.165) is 17.2 Å². The summed E-state index contributed by atoms with van der Waals surface area (Å²) in [6.45, 7) is 4.98. The van der Waals surface area contributed by atoms with E-state index in [1.807, 2.05) is 38.1 Å². The first kappa shape index (κ1) is 14.0. The number of hydrogen-bond acceptors (Lipinski definition) is 4. The van der Waals surface area contributed by atoms with Gasteiger partial charge in [0.15, 0.2) is 0 Å². The number of carbonyl (C=O) groups is 1. The predicted octanol–water partition coefficient (Wildman–Crippen LogP) is 2.15. The molecule has 5 heteroatoms. The van der Waals surface area contributed by atoms with Crippen LogP contribution < -0.4 is 10.6 Å². The zero-order chi connectivity index (χ0) is 14.4. The van der Waals surface area contributed by atoms with Gasteiger partial charge in [0, 0.05) is 24.0 Å². The van der Waals surface area contributed by atoms with Gasteiger partial charge >= 0.3 is 0 Å². The van der Waals surface area contributed by atoms with Crippen molar-refractivity contribution in [1.82, 2.24) is 15.3 Å². The van der Waals surface area contributed by atoms with Crippen molar-refractivity contribution in [2.75, 3.05) is 11.9 Å². The Morgan fingerprint density at radius 3 is 2.90 bits per heavy atom. The molecule has 0 unspecified atom stereocenters. The molecule has 2 aromatic rings. The first-order chi connectivity index (χ1) is 9.69. The van der Waals surface area contributed by atoms with Crippen molar-refractivity contribution in [3.05, 3.63) is 53.6 Å². The summed E-state index contributed by atoms with van der Waals surface area (Å²) >= 11 is 0. The second-order valence-corrected chi connectivity index (χ2v) is 4.39. The normalized spacial score (nSPS) is 10.1. The molecule has 0 fully saturated rings. The van der Waals surface area contributed by atoms with Crippen LogP contribution in [-0.4, -0.2) is 22.4 Å². The lowest BCUT2D eigenvalue weighted by molar-refractivity contribution is 0.0956. The Balaban J connectivity index is 2.03. The number of anilines is 1. The largest absolute Gasteiger partial charge is 0.379 e. The van der Waals surface area contributed by atoms with E-state index in [9.17, 15) is 4.79 Å². The van der Waals surface area contributed by atoms with Crippen molar-refractivity contribution < 1.29 is 4.79 Å². The molecule has 0 spiro atoms. The number of rotatable bonds is 5. The molecule has 0 radical (unpaired) electrons. The molecule has 104 valence electrons. The Hall–Kier alpha value is -2.43. The zero-order valence-electron chi connectivity index (χ0n) is 11.7. The average Bonchev–Trinajstić information content (AvgIpc) is 2.46. The third kappa shape index (κ3) is 3.78. The summed E-state index contributed by atoms with van der Waals surface area (Å²) in [5, 5.41) is 6.04. The average molecular weight is 270 g/mol. The van der Waals surface area contributed by atoms with E-state index in [1.54, 1.807) is 12.3 Å². The maximum Gasteiger partial charge on any atom is 0.251 e. The number of aromatic nitrogens is 2. The molecule has 1 heterocycles. The first-order valence-corrected chi connectivity index (χ1v) is 6.59. The van der Waals surface area contributed by atoms with Gasteiger partial charge in [0.2, 0.25) is 0 Å². The van der Waals surface area contributed by atoms with E-state index < -0.39 is 0 Å². The van der Waals surface area contributed by atoms with Crippen LogP contribution in [-0.2, 0) is 6.54 Å². The van der Waals surface area contributed by atoms with Crippen molar-refractivity contribution >= 4 is 11.6 Å². The zero-order valence-corrected chi connectivity index (χ0v) is 11.7. The maximum absolute atomic E-state index is 11.8. The van der Waals surface area contributed by atoms with Gasteiger partial charge in [-0.25, -0.2) is 9.97 Å². The fourth-order valence-corrected chi connectivity index (χ4v) is 1.83. The number of aryl methyl sites for hydroxylation is 1. The van der Waals surface area contributed by atoms with Gasteiger partial charge in [0.05, 0.1) is 12.2 Å². The van der Waals surface area contributed by atoms with Gasteiger partial charge in [-0.3, -0.25) is 4.79 Å². The minimum atomic E-state index is -0.0611. The summed E-state index contributed by atoms with van der Waals surface area (Å²) in [5.74, 6) is 0.689. The molecule has 0 bridgehead atoms. The minimum absolute atomic E-state index is 0.0611. The van der Waals surface area contributed by atoms with Gasteiger partial charge in [-0.1, -0.05) is 6.07 Å². The molecular weight excluding hydrogens is 252 g/mol. The Kier molecular flexibility index (Phi) is 4.65. The molecule has 0 saturated carbocycles. The number of amides is 1. The lowest BCUT2D eigenvalue weighted by atomic mass is 10.2. The van der Waals surface area contributed by atoms with Crippen LogP contribution in [0, 0.1) is 6.92 Å². The smallest absolute Gasteiger partial charge is 0.251 e. The highest BCUT2D eigenvalue weighted by molar-refractivity contribution is 5.95. The molecule has 0 aliphatic rings. The van der Waals surface area contributed by atoms with E-state index >= 15 is 0 Å². The number of nitrogens with one attached hydrogen (secondary N) is 2. The maximum atomic E-state index is 11.8. The lowest BCUT2D eigenvalue weighted by Gasteiger charge is -2.08. The Labute approximate surface area is 118 Å². The van der Waals surface area contributed by atoms with Crippen molar-refractivity contribution in [3.8, 4) is 0 Å². The van der Waals surface area contributed by atoms with Crippen LogP contribution in [0.2, 0.25) is 0 Å². The number of carbonyl (C=O) groups excluding carboxylic acids is 1. The summed E-state index contributed by atoms with van der Waals surface area (Å²) in [4.78, 5) is 20.1. The second kappa shape index (κ2) is 6.65. The predicted molar refractivity (Wildman–Crippen MR) is 78.5 cm³/mol. The number of hydrogen-bond donors (Lipinski definition) is 2. The van der Waals surface area contributed by atoms with E-state index in [0.29, 0.717) is 18.7 Å². The Morgan fingerprint density at radius 2 is 2.15 bits per heavy atom. The molecular formula is C15H18N4O. The van der Waals surface area contributed by atoms with E-state index in [4.69, 9.17) is 0 Å². The number of nitrogens with zero attached hydrogens (tertiary/aromatic N) is 2. The van der Waals surface area contributed by atoms with Gasteiger partial charge in [-0.05, 0) is 38.1 Å². The highest BCUT2D eigenvalue weighted by atomic mass is 16.1. The summed E-state index contributed by atoms with van der Waals surface area (Å²) in [5.41, 5.74) is 2.46. The minimum Gasteiger partial charge on any atom is -0.379 e. The van der Waals surface area contributed by atoms with Crippen LogP contribution in [0.25, 0.3) is 0 Å². The van der Waals surface area contributed by atoms with Gasteiger partial charge in [-0.15, -0.1) is 0 Å². The molecule has 20 heavy (non-hydrogen) atoms. The summed E-state index contributed by atoms with van der Waals surface area (Å²) in [6, 6.07) is 9.28. The molecule has 0 atom stereocenters. The Morgan fingerprint density at radius 1 is 1.30 bits per heavy atom. The highest BCUT2D eigenvalue weighted by Crippen LogP contribution is 2.11. The first-order valence-electron chi connectivity index (χ1n) is 6.59. The molecule has 1 aromatic carbocycles. The third-order valence-corrected chi connectivity index (χ3v) is 2.77. The quantitative estimate of drug-likeness (QED) is 0.873. The molecule has 0 aliphatic carbocycles. The fraction of sp³-hybridized carbons (Fsp3) is 0.267. The number of benzene rings is 1. The fourth-order valence-electron chi connectivity index (χ4n) is 1.83. The van der Waals surface area contributed by atoms with Crippen molar-refractivity contribution in [2.45, 2.75) is 20.4 Å². The van der Waals surface area contributed by atoms with E-state index in [1.165, 1.54) is 0 Å². The standard InChI is InChI=1S/C15H18N4O/c1-3-16-15(20)12-5-4-6-13(9-12)18-10-14-7-8-17-11(2)19-14/h4-9,18H,3,10H2,1-2H3,(H,16,20). The topological polar surface area (TPSA) is 66.9 Å². The van der Waals surface area contributed by atoms with E-state index in [2.05, 4.69) is 20.6 Å². The molecule has 0 aliphatic heterocycles. The SMILES string of the molecule is CCNC(=O)c1cccc(NCc2ccnc(C)n2)c1. The van der Waals surface area contributed by atoms with Crippen LogP contribution in [0.4, 0.5) is 5.69 Å². The van der Waals surface area contributed by atoms with Gasteiger partial charge in [-0.2, -0.15) is 0 Å². The molecule has 1 aromatic heterocycles.